The fourth-order valence-corrected chi connectivity index (χ4v) is 4.26. The van der Waals surface area contributed by atoms with Crippen molar-refractivity contribution in [2.24, 2.45) is 5.92 Å². The third-order valence-corrected chi connectivity index (χ3v) is 5.92. The number of pyridine rings is 2. The van der Waals surface area contributed by atoms with Crippen molar-refractivity contribution in [1.82, 2.24) is 14.5 Å². The molecule has 0 spiro atoms. The zero-order valence-corrected chi connectivity index (χ0v) is 21.8. The Hall–Kier alpha value is -3.09. The van der Waals surface area contributed by atoms with Crippen LogP contribution in [-0.2, 0) is 17.7 Å². The predicted octanol–water partition coefficient (Wildman–Crippen LogP) is 6.98. The molecular formula is C28H40N4O3. The van der Waals surface area contributed by atoms with Gasteiger partial charge in [-0.15, -0.1) is 0 Å². The molecule has 0 radical (unpaired) electrons. The van der Waals surface area contributed by atoms with Crippen LogP contribution >= 0.6 is 0 Å². The van der Waals surface area contributed by atoms with Gasteiger partial charge in [-0.05, 0) is 57.4 Å². The van der Waals surface area contributed by atoms with Crippen LogP contribution in [0.5, 0.6) is 5.75 Å². The first-order valence-electron chi connectivity index (χ1n) is 12.9. The zero-order valence-electron chi connectivity index (χ0n) is 21.8. The van der Waals surface area contributed by atoms with Gasteiger partial charge in [-0.1, -0.05) is 39.5 Å². The van der Waals surface area contributed by atoms with E-state index in [-0.39, 0.29) is 6.10 Å². The number of rotatable bonds is 13. The maximum absolute atomic E-state index is 12.1. The second kappa shape index (κ2) is 13.1. The van der Waals surface area contributed by atoms with Gasteiger partial charge in [-0.2, -0.15) is 0 Å². The summed E-state index contributed by atoms with van der Waals surface area (Å²) in [6.07, 6.45) is 9.81. The van der Waals surface area contributed by atoms with Gasteiger partial charge in [0.2, 0.25) is 0 Å². The first-order valence-corrected chi connectivity index (χ1v) is 12.9. The third kappa shape index (κ3) is 7.98. The van der Waals surface area contributed by atoms with E-state index in [2.05, 4.69) is 34.8 Å². The number of amides is 1. The Balaban J connectivity index is 1.85. The second-order valence-corrected chi connectivity index (χ2v) is 9.51. The maximum atomic E-state index is 12.1. The second-order valence-electron chi connectivity index (χ2n) is 9.51. The fourth-order valence-electron chi connectivity index (χ4n) is 4.26. The van der Waals surface area contributed by atoms with Crippen molar-refractivity contribution in [3.05, 3.63) is 48.0 Å². The first-order chi connectivity index (χ1) is 16.9. The maximum Gasteiger partial charge on any atom is 0.411 e. The van der Waals surface area contributed by atoms with Gasteiger partial charge in [0.1, 0.15) is 11.4 Å². The fraction of sp³-hybridized carbons (Fsp3) is 0.536. The van der Waals surface area contributed by atoms with Gasteiger partial charge in [0.25, 0.3) is 0 Å². The van der Waals surface area contributed by atoms with Gasteiger partial charge in [0.05, 0.1) is 30.8 Å². The SMILES string of the molecule is CCCCCCC(C)Cn1c(Cc2ccc(OCC)cn2)cc2cc(NC(=O)OC(C)C)cnc21. The molecule has 1 N–H and O–H groups in total. The van der Waals surface area contributed by atoms with Crippen LogP contribution in [0.2, 0.25) is 0 Å². The molecule has 1 unspecified atom stereocenters. The minimum Gasteiger partial charge on any atom is -0.492 e. The summed E-state index contributed by atoms with van der Waals surface area (Å²) < 4.78 is 13.1. The standard InChI is InChI=1S/C28H40N4O3/c1-6-8-9-10-11-21(5)19-32-25(16-23-12-13-26(18-29-23)34-7-2)15-22-14-24(17-30-27(22)32)31-28(33)35-20(3)4/h12-15,17-18,20-21H,6-11,16,19H2,1-5H3,(H,31,33). The molecular weight excluding hydrogens is 440 g/mol. The lowest BCUT2D eigenvalue weighted by atomic mass is 10.0. The lowest BCUT2D eigenvalue weighted by Crippen LogP contribution is -2.18. The Morgan fingerprint density at radius 2 is 1.89 bits per heavy atom. The van der Waals surface area contributed by atoms with Crippen LogP contribution in [0, 0.1) is 5.92 Å². The van der Waals surface area contributed by atoms with E-state index in [4.69, 9.17) is 14.5 Å². The molecule has 1 atom stereocenters. The Kier molecular flexibility index (Phi) is 9.94. The Bertz CT molecular complexity index is 1080. The largest absolute Gasteiger partial charge is 0.492 e. The number of hydrogen-bond donors (Lipinski definition) is 1. The average Bonchev–Trinajstić information content (AvgIpc) is 3.13. The van der Waals surface area contributed by atoms with Crippen molar-refractivity contribution in [2.45, 2.75) is 85.8 Å². The number of aromatic nitrogens is 3. The van der Waals surface area contributed by atoms with Crippen LogP contribution in [0.15, 0.2) is 36.7 Å². The summed E-state index contributed by atoms with van der Waals surface area (Å²) in [6, 6.07) is 8.10. The molecule has 0 bridgehead atoms. The van der Waals surface area contributed by atoms with E-state index < -0.39 is 6.09 Å². The smallest absolute Gasteiger partial charge is 0.411 e. The predicted molar refractivity (Wildman–Crippen MR) is 141 cm³/mol. The van der Waals surface area contributed by atoms with E-state index in [1.165, 1.54) is 32.1 Å². The highest BCUT2D eigenvalue weighted by Gasteiger charge is 2.16. The molecule has 3 aromatic heterocycles. The molecule has 0 aromatic carbocycles. The molecule has 1 amide bonds. The summed E-state index contributed by atoms with van der Waals surface area (Å²) >= 11 is 0. The van der Waals surface area contributed by atoms with E-state index in [0.29, 0.717) is 24.6 Å². The number of fused-ring (bicyclic) bond motifs is 1. The van der Waals surface area contributed by atoms with Crippen molar-refractivity contribution in [2.75, 3.05) is 11.9 Å². The van der Waals surface area contributed by atoms with Crippen LogP contribution in [0.25, 0.3) is 11.0 Å². The molecule has 0 fully saturated rings. The summed E-state index contributed by atoms with van der Waals surface area (Å²) in [6.45, 7) is 11.7. The van der Waals surface area contributed by atoms with Gasteiger partial charge < -0.3 is 14.0 Å². The van der Waals surface area contributed by atoms with Gasteiger partial charge in [0, 0.05) is 29.7 Å². The molecule has 0 saturated heterocycles. The Morgan fingerprint density at radius 1 is 1.06 bits per heavy atom. The van der Waals surface area contributed by atoms with Crippen molar-refractivity contribution >= 4 is 22.8 Å². The molecule has 7 nitrogen and oxygen atoms in total. The van der Waals surface area contributed by atoms with Crippen LogP contribution < -0.4 is 10.1 Å². The summed E-state index contributed by atoms with van der Waals surface area (Å²) in [5, 5.41) is 3.78. The monoisotopic (exact) mass is 480 g/mol. The number of carbonyl (C=O) groups is 1. The van der Waals surface area contributed by atoms with Crippen molar-refractivity contribution in [3.63, 3.8) is 0 Å². The first kappa shape index (κ1) is 26.5. The van der Waals surface area contributed by atoms with Crippen LogP contribution in [0.4, 0.5) is 10.5 Å². The van der Waals surface area contributed by atoms with Gasteiger partial charge >= 0.3 is 6.09 Å². The van der Waals surface area contributed by atoms with E-state index in [0.717, 1.165) is 34.7 Å². The number of anilines is 1. The number of unbranched alkanes of at least 4 members (excludes halogenated alkanes) is 3. The molecule has 0 aliphatic rings. The number of nitrogens with one attached hydrogen (secondary N) is 1. The Labute approximate surface area is 209 Å². The number of ether oxygens (including phenoxy) is 2. The molecule has 3 rings (SSSR count). The summed E-state index contributed by atoms with van der Waals surface area (Å²) in [5.41, 5.74) is 3.69. The topological polar surface area (TPSA) is 78.3 Å². The molecule has 3 aromatic rings. The number of hydrogen-bond acceptors (Lipinski definition) is 5. The highest BCUT2D eigenvalue weighted by atomic mass is 16.6. The molecule has 7 heteroatoms. The third-order valence-electron chi connectivity index (χ3n) is 5.92. The van der Waals surface area contributed by atoms with E-state index in [9.17, 15) is 4.79 Å². The van der Waals surface area contributed by atoms with Gasteiger partial charge in [0.15, 0.2) is 0 Å². The molecule has 0 aliphatic carbocycles. The minimum absolute atomic E-state index is 0.181. The molecule has 3 heterocycles. The summed E-state index contributed by atoms with van der Waals surface area (Å²) in [5.74, 6) is 1.32. The lowest BCUT2D eigenvalue weighted by molar-refractivity contribution is 0.130. The normalized spacial score (nSPS) is 12.2. The van der Waals surface area contributed by atoms with Crippen LogP contribution in [0.1, 0.15) is 78.1 Å². The van der Waals surface area contributed by atoms with E-state index >= 15 is 0 Å². The Morgan fingerprint density at radius 3 is 2.57 bits per heavy atom. The average molecular weight is 481 g/mol. The molecule has 35 heavy (non-hydrogen) atoms. The van der Waals surface area contributed by atoms with Gasteiger partial charge in [-0.3, -0.25) is 10.3 Å². The molecule has 190 valence electrons. The molecule has 0 saturated carbocycles. The zero-order chi connectivity index (χ0) is 25.2. The van der Waals surface area contributed by atoms with E-state index in [1.807, 2.05) is 39.0 Å². The quantitative estimate of drug-likeness (QED) is 0.267. The minimum atomic E-state index is -0.472. The lowest BCUT2D eigenvalue weighted by Gasteiger charge is -2.16. The highest BCUT2D eigenvalue weighted by Crippen LogP contribution is 2.26. The van der Waals surface area contributed by atoms with E-state index in [1.54, 1.807) is 12.4 Å². The van der Waals surface area contributed by atoms with Gasteiger partial charge in [-0.25, -0.2) is 9.78 Å². The number of nitrogens with zero attached hydrogens (tertiary/aromatic N) is 3. The summed E-state index contributed by atoms with van der Waals surface area (Å²) in [4.78, 5) is 21.4. The van der Waals surface area contributed by atoms with Crippen LogP contribution in [0.3, 0.4) is 0 Å². The summed E-state index contributed by atoms with van der Waals surface area (Å²) in [7, 11) is 0. The van der Waals surface area contributed by atoms with Crippen molar-refractivity contribution in [1.29, 1.82) is 0 Å². The number of carbonyl (C=O) groups excluding carboxylic acids is 1. The highest BCUT2D eigenvalue weighted by molar-refractivity contribution is 5.88. The van der Waals surface area contributed by atoms with Crippen molar-refractivity contribution < 1.29 is 14.3 Å². The van der Waals surface area contributed by atoms with Crippen molar-refractivity contribution in [3.8, 4) is 5.75 Å². The molecule has 0 aliphatic heterocycles. The van der Waals surface area contributed by atoms with Crippen LogP contribution in [-0.4, -0.2) is 33.3 Å².